The highest BCUT2D eigenvalue weighted by molar-refractivity contribution is 5.59. The minimum atomic E-state index is 0.0733. The van der Waals surface area contributed by atoms with Crippen LogP contribution in [0.15, 0.2) is 42.5 Å². The molecule has 0 aliphatic heterocycles. The Bertz CT molecular complexity index is 498. The van der Waals surface area contributed by atoms with Crippen LogP contribution in [0.3, 0.4) is 0 Å². The van der Waals surface area contributed by atoms with Gasteiger partial charge >= 0.3 is 0 Å². The molecular weight excluding hydrogens is 230 g/mol. The van der Waals surface area contributed by atoms with Crippen molar-refractivity contribution in [2.45, 2.75) is 0 Å². The average Bonchev–Trinajstić information content (AvgIpc) is 2.36. The summed E-state index contributed by atoms with van der Waals surface area (Å²) < 4.78 is 0. The third kappa shape index (κ3) is 4.13. The molecule has 0 radical (unpaired) electrons. The number of hydrogen-bond acceptors (Lipinski definition) is 5. The number of aromatic hydroxyl groups is 2. The van der Waals surface area contributed by atoms with E-state index < -0.39 is 0 Å². The predicted octanol–water partition coefficient (Wildman–Crippen LogP) is 1.99. The second-order valence-corrected chi connectivity index (χ2v) is 3.62. The fourth-order valence-electron chi connectivity index (χ4n) is 1.20. The number of phenols is 2. The van der Waals surface area contributed by atoms with E-state index in [9.17, 15) is 0 Å². The van der Waals surface area contributed by atoms with Crippen LogP contribution in [0.1, 0.15) is 0 Å². The predicted molar refractivity (Wildman–Crippen MR) is 74.6 cm³/mol. The molecule has 18 heavy (non-hydrogen) atoms. The van der Waals surface area contributed by atoms with E-state index in [0.29, 0.717) is 17.1 Å². The first-order valence-electron chi connectivity index (χ1n) is 5.33. The Balaban J connectivity index is 0.000000180. The molecule has 7 N–H and O–H groups in total. The molecule has 5 nitrogen and oxygen atoms in total. The Kier molecular flexibility index (Phi) is 4.68. The van der Waals surface area contributed by atoms with Crippen molar-refractivity contribution in [1.82, 2.24) is 0 Å². The first-order valence-corrected chi connectivity index (χ1v) is 5.33. The van der Waals surface area contributed by atoms with Gasteiger partial charge in [-0.05, 0) is 42.5 Å². The highest BCUT2D eigenvalue weighted by Gasteiger charge is 1.93. The Morgan fingerprint density at radius 2 is 1.56 bits per heavy atom. The molecule has 0 fully saturated rings. The molecular formula is C13H17N3O2. The maximum atomic E-state index is 8.86. The Morgan fingerprint density at radius 1 is 0.944 bits per heavy atom. The van der Waals surface area contributed by atoms with E-state index in [2.05, 4.69) is 5.32 Å². The fourth-order valence-corrected chi connectivity index (χ4v) is 1.20. The molecule has 2 aromatic rings. The summed E-state index contributed by atoms with van der Waals surface area (Å²) in [7, 11) is 1.84. The van der Waals surface area contributed by atoms with Gasteiger partial charge in [-0.25, -0.2) is 0 Å². The van der Waals surface area contributed by atoms with Crippen molar-refractivity contribution in [2.24, 2.45) is 0 Å². The summed E-state index contributed by atoms with van der Waals surface area (Å²) in [6.07, 6.45) is 0. The van der Waals surface area contributed by atoms with Crippen molar-refractivity contribution >= 4 is 17.1 Å². The third-order valence-electron chi connectivity index (χ3n) is 2.21. The van der Waals surface area contributed by atoms with E-state index in [0.717, 1.165) is 5.69 Å². The van der Waals surface area contributed by atoms with Crippen LogP contribution in [0.2, 0.25) is 0 Å². The van der Waals surface area contributed by atoms with Crippen molar-refractivity contribution in [1.29, 1.82) is 0 Å². The summed E-state index contributed by atoms with van der Waals surface area (Å²) in [6.45, 7) is 0. The molecule has 0 unspecified atom stereocenters. The van der Waals surface area contributed by atoms with Crippen LogP contribution in [-0.2, 0) is 0 Å². The number of phenolic OH excluding ortho intramolecular Hbond substituents is 2. The van der Waals surface area contributed by atoms with Gasteiger partial charge in [0.1, 0.15) is 11.5 Å². The summed E-state index contributed by atoms with van der Waals surface area (Å²) in [6, 6.07) is 11.5. The maximum absolute atomic E-state index is 8.86. The second-order valence-electron chi connectivity index (χ2n) is 3.62. The molecule has 0 spiro atoms. The highest BCUT2D eigenvalue weighted by Crippen LogP contribution is 2.20. The molecule has 0 amide bonds. The van der Waals surface area contributed by atoms with Crippen LogP contribution < -0.4 is 16.8 Å². The molecule has 0 saturated carbocycles. The molecule has 96 valence electrons. The lowest BCUT2D eigenvalue weighted by molar-refractivity contribution is 0.475. The van der Waals surface area contributed by atoms with Gasteiger partial charge in [0.15, 0.2) is 0 Å². The van der Waals surface area contributed by atoms with Gasteiger partial charge in [0, 0.05) is 18.4 Å². The quantitative estimate of drug-likeness (QED) is 0.301. The van der Waals surface area contributed by atoms with Crippen LogP contribution in [0.25, 0.3) is 0 Å². The molecule has 0 atom stereocenters. The molecule has 2 aromatic carbocycles. The average molecular weight is 247 g/mol. The number of anilines is 3. The van der Waals surface area contributed by atoms with Gasteiger partial charge < -0.3 is 27.0 Å². The molecule has 0 aromatic heterocycles. The van der Waals surface area contributed by atoms with Crippen molar-refractivity contribution in [3.05, 3.63) is 42.5 Å². The zero-order valence-electron chi connectivity index (χ0n) is 10.1. The number of nitrogens with two attached hydrogens (primary N) is 2. The molecule has 0 aliphatic carbocycles. The standard InChI is InChI=1S/C7H9NO.C6H8N2O/c1-8-6-2-4-7(9)5-3-6;7-4-1-2-6(9)5(8)3-4/h2-5,8-9H,1H3;1-3,9H,7-8H2. The summed E-state index contributed by atoms with van der Waals surface area (Å²) in [4.78, 5) is 0. The van der Waals surface area contributed by atoms with Gasteiger partial charge in [-0.3, -0.25) is 0 Å². The maximum Gasteiger partial charge on any atom is 0.138 e. The van der Waals surface area contributed by atoms with Gasteiger partial charge in [0.05, 0.1) is 5.69 Å². The van der Waals surface area contributed by atoms with Gasteiger partial charge in [-0.2, -0.15) is 0 Å². The lowest BCUT2D eigenvalue weighted by Crippen LogP contribution is -1.88. The van der Waals surface area contributed by atoms with Gasteiger partial charge in [-0.15, -0.1) is 0 Å². The number of nitrogen functional groups attached to an aromatic ring is 2. The van der Waals surface area contributed by atoms with Gasteiger partial charge in [0.2, 0.25) is 0 Å². The van der Waals surface area contributed by atoms with Crippen molar-refractivity contribution in [2.75, 3.05) is 23.8 Å². The van der Waals surface area contributed by atoms with Crippen molar-refractivity contribution < 1.29 is 10.2 Å². The second kappa shape index (κ2) is 6.24. The summed E-state index contributed by atoms with van der Waals surface area (Å²) >= 11 is 0. The fraction of sp³-hybridized carbons (Fsp3) is 0.0769. The number of rotatable bonds is 1. The van der Waals surface area contributed by atoms with E-state index in [1.807, 2.05) is 19.2 Å². The lowest BCUT2D eigenvalue weighted by atomic mass is 10.3. The van der Waals surface area contributed by atoms with E-state index in [4.69, 9.17) is 21.7 Å². The van der Waals surface area contributed by atoms with Crippen LogP contribution in [0.5, 0.6) is 11.5 Å². The van der Waals surface area contributed by atoms with E-state index in [1.165, 1.54) is 12.1 Å². The number of hydrogen-bond donors (Lipinski definition) is 5. The molecule has 2 rings (SSSR count). The van der Waals surface area contributed by atoms with E-state index in [-0.39, 0.29) is 5.75 Å². The van der Waals surface area contributed by atoms with Crippen LogP contribution in [0.4, 0.5) is 17.1 Å². The number of nitrogens with one attached hydrogen (secondary N) is 1. The smallest absolute Gasteiger partial charge is 0.138 e. The lowest BCUT2D eigenvalue weighted by Gasteiger charge is -1.97. The van der Waals surface area contributed by atoms with Gasteiger partial charge in [0.25, 0.3) is 0 Å². The molecule has 0 heterocycles. The molecule has 0 bridgehead atoms. The topological polar surface area (TPSA) is 105 Å². The zero-order chi connectivity index (χ0) is 13.5. The largest absolute Gasteiger partial charge is 0.508 e. The van der Waals surface area contributed by atoms with E-state index in [1.54, 1.807) is 18.2 Å². The Hall–Kier alpha value is -2.56. The van der Waals surface area contributed by atoms with Crippen molar-refractivity contribution in [3.63, 3.8) is 0 Å². The molecule has 0 saturated heterocycles. The minimum absolute atomic E-state index is 0.0733. The highest BCUT2D eigenvalue weighted by atomic mass is 16.3. The first-order chi connectivity index (χ1) is 8.52. The number of benzene rings is 2. The van der Waals surface area contributed by atoms with E-state index >= 15 is 0 Å². The minimum Gasteiger partial charge on any atom is -0.508 e. The summed E-state index contributed by atoms with van der Waals surface area (Å²) in [5.74, 6) is 0.373. The Labute approximate surface area is 106 Å². The first kappa shape index (κ1) is 13.5. The van der Waals surface area contributed by atoms with Crippen LogP contribution in [-0.4, -0.2) is 17.3 Å². The SMILES string of the molecule is CNc1ccc(O)cc1.Nc1ccc(O)c(N)c1. The normalized spacial score (nSPS) is 9.17. The third-order valence-corrected chi connectivity index (χ3v) is 2.21. The monoisotopic (exact) mass is 247 g/mol. The van der Waals surface area contributed by atoms with Gasteiger partial charge in [-0.1, -0.05) is 0 Å². The van der Waals surface area contributed by atoms with Crippen LogP contribution in [0, 0.1) is 0 Å². The summed E-state index contributed by atoms with van der Waals surface area (Å²) in [5, 5.41) is 20.6. The van der Waals surface area contributed by atoms with Crippen molar-refractivity contribution in [3.8, 4) is 11.5 Å². The molecule has 0 aliphatic rings. The Morgan fingerprint density at radius 3 is 2.00 bits per heavy atom. The summed E-state index contributed by atoms with van der Waals surface area (Å²) in [5.41, 5.74) is 12.5. The van der Waals surface area contributed by atoms with Crippen LogP contribution >= 0.6 is 0 Å². The zero-order valence-corrected chi connectivity index (χ0v) is 10.1. The molecule has 5 heteroatoms.